The molecule has 0 saturated carbocycles. The Labute approximate surface area is 281 Å². The van der Waals surface area contributed by atoms with E-state index in [1.54, 1.807) is 6.20 Å². The molecule has 226 valence electrons. The average molecular weight is 777 g/mol. The van der Waals surface area contributed by atoms with Crippen LogP contribution in [0, 0.1) is 18.3 Å². The van der Waals surface area contributed by atoms with Crippen LogP contribution in [0.15, 0.2) is 146 Å². The molecule has 8 rings (SSSR count). The summed E-state index contributed by atoms with van der Waals surface area (Å²) in [5, 5.41) is 2.22. The van der Waals surface area contributed by atoms with Gasteiger partial charge in [-0.05, 0) is 47.3 Å². The number of pyridine rings is 1. The average Bonchev–Trinajstić information content (AvgIpc) is 3.42. The van der Waals surface area contributed by atoms with Crippen molar-refractivity contribution >= 4 is 32.8 Å². The van der Waals surface area contributed by atoms with Gasteiger partial charge in [0.2, 0.25) is 6.33 Å². The summed E-state index contributed by atoms with van der Waals surface area (Å²) < 4.78 is 14.7. The summed E-state index contributed by atoms with van der Waals surface area (Å²) in [5.74, 6) is 1.99. The molecule has 3 aromatic heterocycles. The zero-order valence-corrected chi connectivity index (χ0v) is 27.1. The maximum absolute atomic E-state index is 6.42. The van der Waals surface area contributed by atoms with E-state index in [-0.39, 0.29) is 21.1 Å². The number of hydrogen-bond acceptors (Lipinski definition) is 2. The van der Waals surface area contributed by atoms with Gasteiger partial charge in [0.05, 0.1) is 18.8 Å². The number of fused-ring (bicyclic) bond motifs is 4. The first-order chi connectivity index (χ1) is 22.2. The first-order valence-electron chi connectivity index (χ1n) is 14.7. The number of ether oxygens (including phenoxy) is 1. The molecule has 0 aliphatic heterocycles. The SMILES string of the molecule is Cn1c[n+](-c2ccccc2)c[c-]n(-c2[c-]c(Oc3[c-]c4c(cc3)c3ccccc3n4-c3ccccn3)ccc2)c2ccccc21.[Pt]. The summed E-state index contributed by atoms with van der Waals surface area (Å²) in [6, 6.07) is 49.6. The molecule has 0 spiro atoms. The van der Waals surface area contributed by atoms with Crippen LogP contribution < -0.4 is 9.30 Å². The zero-order chi connectivity index (χ0) is 30.2. The van der Waals surface area contributed by atoms with Crippen LogP contribution in [-0.4, -0.2) is 18.7 Å². The Kier molecular flexibility index (Phi) is 7.96. The minimum atomic E-state index is 0. The number of hydrogen-bond donors (Lipinski definition) is 0. The van der Waals surface area contributed by atoms with Gasteiger partial charge in [0.25, 0.3) is 0 Å². The molecule has 0 unspecified atom stereocenters. The Balaban J connectivity index is 0.00000338. The molecule has 46 heavy (non-hydrogen) atoms. The summed E-state index contributed by atoms with van der Waals surface area (Å²) in [6.45, 7) is 0. The van der Waals surface area contributed by atoms with Gasteiger partial charge in [0.15, 0.2) is 0 Å². The van der Waals surface area contributed by atoms with Gasteiger partial charge in [-0.1, -0.05) is 72.4 Å². The van der Waals surface area contributed by atoms with E-state index in [4.69, 9.17) is 4.74 Å². The molecule has 8 aromatic rings. The van der Waals surface area contributed by atoms with Crippen molar-refractivity contribution in [3.63, 3.8) is 0 Å². The van der Waals surface area contributed by atoms with Crippen molar-refractivity contribution in [1.82, 2.24) is 18.7 Å². The van der Waals surface area contributed by atoms with Crippen molar-refractivity contribution in [3.8, 4) is 28.7 Å². The Morgan fingerprint density at radius 2 is 1.39 bits per heavy atom. The molecule has 7 heteroatoms. The molecule has 0 amide bonds. The van der Waals surface area contributed by atoms with Gasteiger partial charge < -0.3 is 13.9 Å². The predicted octanol–water partition coefficient (Wildman–Crippen LogP) is 8.05. The van der Waals surface area contributed by atoms with E-state index < -0.39 is 0 Å². The molecule has 0 radical (unpaired) electrons. The molecular weight excluding hydrogens is 750 g/mol. The van der Waals surface area contributed by atoms with Gasteiger partial charge in [0, 0.05) is 44.3 Å². The van der Waals surface area contributed by atoms with Crippen LogP contribution in [0.5, 0.6) is 11.5 Å². The first-order valence-corrected chi connectivity index (χ1v) is 14.7. The second-order valence-corrected chi connectivity index (χ2v) is 10.7. The van der Waals surface area contributed by atoms with Crippen LogP contribution in [-0.2, 0) is 28.1 Å². The summed E-state index contributed by atoms with van der Waals surface area (Å²) in [7, 11) is 2.05. The molecule has 0 saturated heterocycles. The second kappa shape index (κ2) is 12.5. The zero-order valence-electron chi connectivity index (χ0n) is 24.8. The third-order valence-electron chi connectivity index (χ3n) is 7.83. The fourth-order valence-corrected chi connectivity index (χ4v) is 5.77. The Morgan fingerprint density at radius 1 is 0.652 bits per heavy atom. The molecule has 0 bridgehead atoms. The van der Waals surface area contributed by atoms with Crippen LogP contribution in [0.25, 0.3) is 50.0 Å². The third-order valence-corrected chi connectivity index (χ3v) is 7.83. The van der Waals surface area contributed by atoms with Gasteiger partial charge in [-0.2, -0.15) is 23.9 Å². The van der Waals surface area contributed by atoms with Crippen LogP contribution in [0.4, 0.5) is 0 Å². The van der Waals surface area contributed by atoms with E-state index in [2.05, 4.69) is 87.3 Å². The normalized spacial score (nSPS) is 11.0. The number of rotatable bonds is 5. The molecule has 0 atom stereocenters. The fraction of sp³-hybridized carbons (Fsp3) is 0.0256. The third kappa shape index (κ3) is 5.38. The van der Waals surface area contributed by atoms with Crippen LogP contribution >= 0.6 is 0 Å². The summed E-state index contributed by atoms with van der Waals surface area (Å²) in [6.07, 6.45) is 9.28. The van der Waals surface area contributed by atoms with Crippen LogP contribution in [0.2, 0.25) is 0 Å². The first kappa shape index (κ1) is 29.3. The second-order valence-electron chi connectivity index (χ2n) is 10.7. The van der Waals surface area contributed by atoms with E-state index >= 15 is 0 Å². The quantitative estimate of drug-likeness (QED) is 0.131. The van der Waals surface area contributed by atoms with Gasteiger partial charge in [-0.3, -0.25) is 0 Å². The molecule has 3 heterocycles. The monoisotopic (exact) mass is 776 g/mol. The van der Waals surface area contributed by atoms with E-state index in [0.717, 1.165) is 50.0 Å². The molecule has 0 N–H and O–H groups in total. The van der Waals surface area contributed by atoms with Gasteiger partial charge >= 0.3 is 0 Å². The van der Waals surface area contributed by atoms with Crippen LogP contribution in [0.1, 0.15) is 0 Å². The predicted molar refractivity (Wildman–Crippen MR) is 177 cm³/mol. The minimum Gasteiger partial charge on any atom is -0.510 e. The fourth-order valence-electron chi connectivity index (χ4n) is 5.77. The number of aromatic nitrogens is 5. The molecule has 0 fully saturated rings. The van der Waals surface area contributed by atoms with Gasteiger partial charge in [0.1, 0.15) is 11.5 Å². The molecule has 0 aliphatic carbocycles. The van der Waals surface area contributed by atoms with Crippen molar-refractivity contribution < 1.29 is 30.4 Å². The minimum absolute atomic E-state index is 0. The molecular formula is C39H27N5OPt-2. The smallest absolute Gasteiger partial charge is 0.247 e. The molecule has 6 nitrogen and oxygen atoms in total. The van der Waals surface area contributed by atoms with Crippen molar-refractivity contribution in [2.24, 2.45) is 7.05 Å². The van der Waals surface area contributed by atoms with Gasteiger partial charge in [-0.25, -0.2) is 20.2 Å². The summed E-state index contributed by atoms with van der Waals surface area (Å²) in [5.41, 5.74) is 5.80. The number of aryl methyl sites for hydroxylation is 1. The molecule has 5 aromatic carbocycles. The van der Waals surface area contributed by atoms with E-state index in [0.29, 0.717) is 11.5 Å². The van der Waals surface area contributed by atoms with Crippen molar-refractivity contribution in [1.29, 1.82) is 0 Å². The maximum atomic E-state index is 6.42. The Bertz CT molecular complexity index is 2370. The summed E-state index contributed by atoms with van der Waals surface area (Å²) >= 11 is 0. The number of para-hydroxylation sites is 4. The topological polar surface area (TPSA) is 40.8 Å². The van der Waals surface area contributed by atoms with Crippen LogP contribution in [0.3, 0.4) is 0 Å². The Hall–Kier alpha value is -5.45. The van der Waals surface area contributed by atoms with Crippen molar-refractivity contribution in [3.05, 3.63) is 164 Å². The van der Waals surface area contributed by atoms with Gasteiger partial charge in [-0.15, -0.1) is 23.6 Å². The van der Waals surface area contributed by atoms with Crippen molar-refractivity contribution in [2.75, 3.05) is 0 Å². The Morgan fingerprint density at radius 3 is 2.22 bits per heavy atom. The standard InChI is InChI=1S/C39H27N5O.Pt/c1-41-28-42(29-12-3-2-4-13-29)24-25-43(37-19-8-7-18-36(37)41)30-14-11-15-31(26-30)45-32-21-22-34-33-16-5-6-17-35(33)44(38(34)27-32)39-20-9-10-23-40-39;/h2-24,28H,1H3;/q-2;. The number of nitrogens with zero attached hydrogens (tertiary/aromatic N) is 5. The van der Waals surface area contributed by atoms with E-state index in [1.807, 2.05) is 101 Å². The molecule has 0 aliphatic rings. The maximum Gasteiger partial charge on any atom is 0.247 e. The van der Waals surface area contributed by atoms with Crippen molar-refractivity contribution in [2.45, 2.75) is 0 Å². The number of benzene rings is 5. The summed E-state index contributed by atoms with van der Waals surface area (Å²) in [4.78, 5) is 4.63. The van der Waals surface area contributed by atoms with E-state index in [1.165, 1.54) is 0 Å². The van der Waals surface area contributed by atoms with E-state index in [9.17, 15) is 0 Å². The largest absolute Gasteiger partial charge is 0.510 e.